The Labute approximate surface area is 113 Å². The Morgan fingerprint density at radius 3 is 2.80 bits per heavy atom. The summed E-state index contributed by atoms with van der Waals surface area (Å²) in [5.74, 6) is -4.13. The summed E-state index contributed by atoms with van der Waals surface area (Å²) in [5, 5.41) is 11.1. The summed E-state index contributed by atoms with van der Waals surface area (Å²) in [7, 11) is 0. The van der Waals surface area contributed by atoms with Crippen LogP contribution in [-0.2, 0) is 0 Å². The number of alkyl halides is 2. The van der Waals surface area contributed by atoms with Crippen LogP contribution in [0, 0.1) is 0 Å². The first-order chi connectivity index (χ1) is 9.43. The Kier molecular flexibility index (Phi) is 3.80. The van der Waals surface area contributed by atoms with E-state index in [0.29, 0.717) is 16.6 Å². The highest BCUT2D eigenvalue weighted by Crippen LogP contribution is 2.20. The molecule has 1 amide bonds. The molecule has 5 nitrogen and oxygen atoms in total. The second kappa shape index (κ2) is 5.38. The molecular weight excluding hydrogens is 268 g/mol. The van der Waals surface area contributed by atoms with Crippen LogP contribution in [0.5, 0.6) is 0 Å². The van der Waals surface area contributed by atoms with E-state index in [1.165, 1.54) is 6.07 Å². The van der Waals surface area contributed by atoms with Gasteiger partial charge in [0, 0.05) is 11.1 Å². The molecule has 1 heterocycles. The van der Waals surface area contributed by atoms with Gasteiger partial charge < -0.3 is 16.2 Å². The molecule has 0 saturated heterocycles. The first kappa shape index (κ1) is 14.1. The van der Waals surface area contributed by atoms with Crippen molar-refractivity contribution >= 4 is 22.5 Å². The number of nitrogens with zero attached hydrogens (tertiary/aromatic N) is 1. The molecule has 0 atom stereocenters. The summed E-state index contributed by atoms with van der Waals surface area (Å²) in [6.45, 7) is -2.29. The van der Waals surface area contributed by atoms with E-state index in [4.69, 9.17) is 10.8 Å². The molecular formula is C13H13F2N3O2. The van der Waals surface area contributed by atoms with Gasteiger partial charge >= 0.3 is 0 Å². The number of aliphatic hydroxyl groups is 1. The van der Waals surface area contributed by atoms with Crippen LogP contribution in [0.25, 0.3) is 10.9 Å². The molecule has 4 N–H and O–H groups in total. The van der Waals surface area contributed by atoms with Crippen molar-refractivity contribution in [2.45, 2.75) is 5.92 Å². The number of halogens is 2. The highest BCUT2D eigenvalue weighted by molar-refractivity contribution is 5.99. The lowest BCUT2D eigenvalue weighted by molar-refractivity contribution is -0.0462. The second-order valence-electron chi connectivity index (χ2n) is 4.31. The predicted octanol–water partition coefficient (Wildman–Crippen LogP) is 1.17. The molecule has 0 aliphatic rings. The number of benzene rings is 1. The standard InChI is InChI=1S/C13H13F2N3O2/c14-13(15,7-19)6-17-12(20)11-5-9(16)8-3-1-2-4-10(8)18-11/h1-5,19H,6-7H2,(H2,16,18)(H,17,20). The number of carbonyl (C=O) groups is 1. The maximum absolute atomic E-state index is 12.9. The van der Waals surface area contributed by atoms with Crippen molar-refractivity contribution in [3.63, 3.8) is 0 Å². The summed E-state index contributed by atoms with van der Waals surface area (Å²) >= 11 is 0. The first-order valence-electron chi connectivity index (χ1n) is 5.85. The van der Waals surface area contributed by atoms with Gasteiger partial charge in [-0.25, -0.2) is 13.8 Å². The van der Waals surface area contributed by atoms with E-state index < -0.39 is 25.0 Å². The zero-order chi connectivity index (χ0) is 14.8. The van der Waals surface area contributed by atoms with E-state index in [2.05, 4.69) is 4.98 Å². The topological polar surface area (TPSA) is 88.2 Å². The number of rotatable bonds is 4. The maximum atomic E-state index is 12.9. The van der Waals surface area contributed by atoms with Crippen molar-refractivity contribution in [2.75, 3.05) is 18.9 Å². The lowest BCUT2D eigenvalue weighted by Crippen LogP contribution is -2.39. The number of fused-ring (bicyclic) bond motifs is 1. The molecule has 2 aromatic rings. The van der Waals surface area contributed by atoms with Crippen LogP contribution < -0.4 is 11.1 Å². The van der Waals surface area contributed by atoms with Crippen molar-refractivity contribution in [1.82, 2.24) is 10.3 Å². The van der Waals surface area contributed by atoms with Crippen molar-refractivity contribution in [1.29, 1.82) is 0 Å². The molecule has 0 saturated carbocycles. The number of aliphatic hydroxyl groups excluding tert-OH is 1. The number of hydrogen-bond donors (Lipinski definition) is 3. The van der Waals surface area contributed by atoms with Gasteiger partial charge in [-0.05, 0) is 12.1 Å². The smallest absolute Gasteiger partial charge is 0.287 e. The zero-order valence-corrected chi connectivity index (χ0v) is 10.4. The molecule has 1 aromatic heterocycles. The molecule has 0 bridgehead atoms. The highest BCUT2D eigenvalue weighted by atomic mass is 19.3. The molecule has 2 rings (SSSR count). The number of anilines is 1. The Morgan fingerprint density at radius 1 is 1.40 bits per heavy atom. The van der Waals surface area contributed by atoms with Gasteiger partial charge in [0.2, 0.25) is 0 Å². The summed E-state index contributed by atoms with van der Waals surface area (Å²) in [4.78, 5) is 15.8. The molecule has 0 aliphatic heterocycles. The summed E-state index contributed by atoms with van der Waals surface area (Å²) < 4.78 is 25.7. The molecule has 0 fully saturated rings. The zero-order valence-electron chi connectivity index (χ0n) is 10.4. The SMILES string of the molecule is Nc1cc(C(=O)NCC(F)(F)CO)nc2ccccc12. The third kappa shape index (κ3) is 3.00. The Bertz CT molecular complexity index is 647. The fourth-order valence-electron chi connectivity index (χ4n) is 1.67. The Hall–Kier alpha value is -2.28. The molecule has 1 aromatic carbocycles. The lowest BCUT2D eigenvalue weighted by atomic mass is 10.1. The number of nitrogens with one attached hydrogen (secondary N) is 1. The predicted molar refractivity (Wildman–Crippen MR) is 70.5 cm³/mol. The molecule has 0 aliphatic carbocycles. The quantitative estimate of drug-likeness (QED) is 0.785. The van der Waals surface area contributed by atoms with Crippen LogP contribution in [0.3, 0.4) is 0 Å². The molecule has 7 heteroatoms. The van der Waals surface area contributed by atoms with Crippen LogP contribution >= 0.6 is 0 Å². The van der Waals surface area contributed by atoms with Gasteiger partial charge in [-0.1, -0.05) is 18.2 Å². The third-order valence-electron chi connectivity index (χ3n) is 2.72. The van der Waals surface area contributed by atoms with Crippen LogP contribution in [0.4, 0.5) is 14.5 Å². The minimum atomic E-state index is -3.36. The van der Waals surface area contributed by atoms with E-state index in [0.717, 1.165) is 0 Å². The van der Waals surface area contributed by atoms with Crippen LogP contribution in [-0.4, -0.2) is 35.1 Å². The number of pyridine rings is 1. The Morgan fingerprint density at radius 2 is 2.10 bits per heavy atom. The number of carbonyl (C=O) groups excluding carboxylic acids is 1. The fourth-order valence-corrected chi connectivity index (χ4v) is 1.67. The van der Waals surface area contributed by atoms with Crippen LogP contribution in [0.15, 0.2) is 30.3 Å². The molecule has 106 valence electrons. The average molecular weight is 281 g/mol. The van der Waals surface area contributed by atoms with Crippen molar-refractivity contribution in [3.05, 3.63) is 36.0 Å². The van der Waals surface area contributed by atoms with Crippen molar-refractivity contribution in [3.8, 4) is 0 Å². The normalized spacial score (nSPS) is 11.6. The number of hydrogen-bond acceptors (Lipinski definition) is 4. The van der Waals surface area contributed by atoms with E-state index in [1.54, 1.807) is 24.3 Å². The van der Waals surface area contributed by atoms with Crippen LogP contribution in [0.2, 0.25) is 0 Å². The monoisotopic (exact) mass is 281 g/mol. The number of nitrogen functional groups attached to an aromatic ring is 1. The molecule has 20 heavy (non-hydrogen) atoms. The number of aromatic nitrogens is 1. The third-order valence-corrected chi connectivity index (χ3v) is 2.72. The number of para-hydroxylation sites is 1. The summed E-state index contributed by atoms with van der Waals surface area (Å²) in [5.41, 5.74) is 6.60. The van der Waals surface area contributed by atoms with Gasteiger partial charge in [-0.2, -0.15) is 0 Å². The fraction of sp³-hybridized carbons (Fsp3) is 0.231. The average Bonchev–Trinajstić information content (AvgIpc) is 2.45. The van der Waals surface area contributed by atoms with Crippen molar-refractivity contribution < 1.29 is 18.7 Å². The van der Waals surface area contributed by atoms with E-state index in [1.807, 2.05) is 5.32 Å². The summed E-state index contributed by atoms with van der Waals surface area (Å²) in [6.07, 6.45) is 0. The van der Waals surface area contributed by atoms with E-state index >= 15 is 0 Å². The minimum Gasteiger partial charge on any atom is -0.398 e. The van der Waals surface area contributed by atoms with E-state index in [-0.39, 0.29) is 5.69 Å². The van der Waals surface area contributed by atoms with Gasteiger partial charge in [0.05, 0.1) is 12.1 Å². The lowest BCUT2D eigenvalue weighted by Gasteiger charge is -2.14. The number of nitrogens with two attached hydrogens (primary N) is 1. The largest absolute Gasteiger partial charge is 0.398 e. The minimum absolute atomic E-state index is 0.0464. The van der Waals surface area contributed by atoms with Crippen molar-refractivity contribution in [2.24, 2.45) is 0 Å². The molecule has 0 radical (unpaired) electrons. The molecule has 0 unspecified atom stereocenters. The Balaban J connectivity index is 2.23. The van der Waals surface area contributed by atoms with Gasteiger partial charge in [-0.3, -0.25) is 4.79 Å². The van der Waals surface area contributed by atoms with Crippen LogP contribution in [0.1, 0.15) is 10.5 Å². The van der Waals surface area contributed by atoms with Gasteiger partial charge in [0.15, 0.2) is 0 Å². The number of amides is 1. The van der Waals surface area contributed by atoms with Gasteiger partial charge in [-0.15, -0.1) is 0 Å². The molecule has 0 spiro atoms. The van der Waals surface area contributed by atoms with Gasteiger partial charge in [0.1, 0.15) is 12.3 Å². The maximum Gasteiger partial charge on any atom is 0.287 e. The van der Waals surface area contributed by atoms with Gasteiger partial charge in [0.25, 0.3) is 11.8 Å². The second-order valence-corrected chi connectivity index (χ2v) is 4.31. The van der Waals surface area contributed by atoms with E-state index in [9.17, 15) is 13.6 Å². The first-order valence-corrected chi connectivity index (χ1v) is 5.85. The summed E-state index contributed by atoms with van der Waals surface area (Å²) in [6, 6.07) is 8.26. The highest BCUT2D eigenvalue weighted by Gasteiger charge is 2.28.